The van der Waals surface area contributed by atoms with E-state index in [0.717, 1.165) is 6.42 Å². The summed E-state index contributed by atoms with van der Waals surface area (Å²) in [6.45, 7) is 0.657. The molecule has 18 heavy (non-hydrogen) atoms. The fourth-order valence-corrected chi connectivity index (χ4v) is 1.39. The van der Waals surface area contributed by atoms with Crippen molar-refractivity contribution in [2.45, 2.75) is 12.8 Å². The summed E-state index contributed by atoms with van der Waals surface area (Å²) in [6, 6.07) is 5.77. The summed E-state index contributed by atoms with van der Waals surface area (Å²) in [5.74, 6) is -0.182. The van der Waals surface area contributed by atoms with Crippen molar-refractivity contribution in [1.29, 1.82) is 0 Å². The van der Waals surface area contributed by atoms with Crippen LogP contribution in [0.25, 0.3) is 0 Å². The minimum Gasteiger partial charge on any atom is -0.396 e. The third-order valence-electron chi connectivity index (χ3n) is 2.29. The predicted octanol–water partition coefficient (Wildman–Crippen LogP) is 0.679. The minimum atomic E-state index is -0.642. The Morgan fingerprint density at radius 2 is 1.83 bits per heavy atom. The van der Waals surface area contributed by atoms with Crippen molar-refractivity contribution in [3.05, 3.63) is 29.8 Å². The summed E-state index contributed by atoms with van der Waals surface area (Å²) in [7, 11) is 0. The lowest BCUT2D eigenvalue weighted by Gasteiger charge is -2.06. The Kier molecular flexibility index (Phi) is 5.66. The second kappa shape index (κ2) is 7.29. The number of carbonyl (C=O) groups is 2. The quantitative estimate of drug-likeness (QED) is 0.559. The van der Waals surface area contributed by atoms with E-state index in [2.05, 4.69) is 10.6 Å². The molecule has 0 radical (unpaired) electrons. The van der Waals surface area contributed by atoms with Crippen LogP contribution in [0.3, 0.4) is 0 Å². The molecule has 6 nitrogen and oxygen atoms in total. The third-order valence-corrected chi connectivity index (χ3v) is 2.29. The van der Waals surface area contributed by atoms with Crippen LogP contribution in [-0.4, -0.2) is 30.2 Å². The molecule has 0 aliphatic heterocycles. The first kappa shape index (κ1) is 14.0. The van der Waals surface area contributed by atoms with E-state index in [-0.39, 0.29) is 12.5 Å². The zero-order valence-corrected chi connectivity index (χ0v) is 9.98. The maximum absolute atomic E-state index is 11.7. The van der Waals surface area contributed by atoms with Crippen LogP contribution in [0.4, 0.5) is 10.5 Å². The molecular weight excluding hydrogens is 234 g/mol. The molecule has 5 N–H and O–H groups in total. The number of benzene rings is 1. The predicted molar refractivity (Wildman–Crippen MR) is 68.3 cm³/mol. The first-order valence-corrected chi connectivity index (χ1v) is 5.69. The SMILES string of the molecule is NC(=O)Nc1ccc(C(=O)NCCCCO)cc1. The summed E-state index contributed by atoms with van der Waals surface area (Å²) >= 11 is 0. The molecule has 0 atom stereocenters. The maximum Gasteiger partial charge on any atom is 0.316 e. The summed E-state index contributed by atoms with van der Waals surface area (Å²) in [5.41, 5.74) is 6.02. The van der Waals surface area contributed by atoms with Crippen molar-refractivity contribution in [2.24, 2.45) is 5.73 Å². The Balaban J connectivity index is 2.46. The molecule has 6 heteroatoms. The molecule has 0 aromatic heterocycles. The van der Waals surface area contributed by atoms with Crippen LogP contribution in [-0.2, 0) is 0 Å². The Morgan fingerprint density at radius 3 is 2.39 bits per heavy atom. The highest BCUT2D eigenvalue weighted by atomic mass is 16.3. The molecular formula is C12H17N3O3. The van der Waals surface area contributed by atoms with Gasteiger partial charge in [0.15, 0.2) is 0 Å². The number of aliphatic hydroxyl groups is 1. The average molecular weight is 251 g/mol. The zero-order chi connectivity index (χ0) is 13.4. The van der Waals surface area contributed by atoms with Crippen molar-refractivity contribution in [3.63, 3.8) is 0 Å². The molecule has 98 valence electrons. The number of rotatable bonds is 6. The molecule has 1 aromatic rings. The lowest BCUT2D eigenvalue weighted by molar-refractivity contribution is 0.0952. The van der Waals surface area contributed by atoms with Gasteiger partial charge in [-0.05, 0) is 37.1 Å². The molecule has 0 saturated carbocycles. The van der Waals surface area contributed by atoms with Crippen molar-refractivity contribution >= 4 is 17.6 Å². The Hall–Kier alpha value is -2.08. The van der Waals surface area contributed by atoms with Gasteiger partial charge >= 0.3 is 6.03 Å². The summed E-state index contributed by atoms with van der Waals surface area (Å²) in [5, 5.41) is 13.7. The van der Waals surface area contributed by atoms with Gasteiger partial charge in [0, 0.05) is 24.4 Å². The number of carbonyl (C=O) groups excluding carboxylic acids is 2. The van der Waals surface area contributed by atoms with Gasteiger partial charge < -0.3 is 21.5 Å². The lowest BCUT2D eigenvalue weighted by atomic mass is 10.2. The highest BCUT2D eigenvalue weighted by molar-refractivity contribution is 5.95. The van der Waals surface area contributed by atoms with Gasteiger partial charge in [-0.3, -0.25) is 4.79 Å². The van der Waals surface area contributed by atoms with E-state index in [1.165, 1.54) is 0 Å². The number of primary amides is 1. The number of anilines is 1. The van der Waals surface area contributed by atoms with Crippen LogP contribution < -0.4 is 16.4 Å². The largest absolute Gasteiger partial charge is 0.396 e. The molecule has 0 unspecified atom stereocenters. The number of aliphatic hydroxyl groups excluding tert-OH is 1. The Bertz CT molecular complexity index is 404. The Labute approximate surface area is 105 Å². The van der Waals surface area contributed by atoms with E-state index in [9.17, 15) is 9.59 Å². The van der Waals surface area contributed by atoms with E-state index >= 15 is 0 Å². The fraction of sp³-hybridized carbons (Fsp3) is 0.333. The van der Waals surface area contributed by atoms with Crippen molar-refractivity contribution in [1.82, 2.24) is 5.32 Å². The number of amides is 3. The van der Waals surface area contributed by atoms with Gasteiger partial charge in [-0.1, -0.05) is 0 Å². The van der Waals surface area contributed by atoms with Crippen LogP contribution in [0.15, 0.2) is 24.3 Å². The molecule has 0 aliphatic rings. The molecule has 0 heterocycles. The van der Waals surface area contributed by atoms with Crippen molar-refractivity contribution in [2.75, 3.05) is 18.5 Å². The van der Waals surface area contributed by atoms with E-state index in [1.807, 2.05) is 0 Å². The molecule has 1 aromatic carbocycles. The second-order valence-corrected chi connectivity index (χ2v) is 3.75. The van der Waals surface area contributed by atoms with Crippen LogP contribution in [0, 0.1) is 0 Å². The average Bonchev–Trinajstić information content (AvgIpc) is 2.34. The smallest absolute Gasteiger partial charge is 0.316 e. The van der Waals surface area contributed by atoms with Gasteiger partial charge in [0.1, 0.15) is 0 Å². The molecule has 0 saturated heterocycles. The number of hydrogen-bond acceptors (Lipinski definition) is 3. The summed E-state index contributed by atoms with van der Waals surface area (Å²) in [6.07, 6.45) is 1.41. The van der Waals surface area contributed by atoms with Gasteiger partial charge in [0.2, 0.25) is 0 Å². The highest BCUT2D eigenvalue weighted by Crippen LogP contribution is 2.09. The summed E-state index contributed by atoms with van der Waals surface area (Å²) < 4.78 is 0. The monoisotopic (exact) mass is 251 g/mol. The van der Waals surface area contributed by atoms with Gasteiger partial charge in [0.05, 0.1) is 0 Å². The molecule has 0 bridgehead atoms. The molecule has 1 rings (SSSR count). The van der Waals surface area contributed by atoms with E-state index in [4.69, 9.17) is 10.8 Å². The zero-order valence-electron chi connectivity index (χ0n) is 9.98. The number of unbranched alkanes of at least 4 members (excludes halogenated alkanes) is 1. The highest BCUT2D eigenvalue weighted by Gasteiger charge is 2.04. The molecule has 0 fully saturated rings. The van der Waals surface area contributed by atoms with Gasteiger partial charge in [-0.15, -0.1) is 0 Å². The number of nitrogens with one attached hydrogen (secondary N) is 2. The first-order chi connectivity index (χ1) is 8.63. The maximum atomic E-state index is 11.7. The molecule has 3 amide bonds. The Morgan fingerprint density at radius 1 is 1.17 bits per heavy atom. The first-order valence-electron chi connectivity index (χ1n) is 5.69. The third kappa shape index (κ3) is 4.84. The molecule has 0 aliphatic carbocycles. The van der Waals surface area contributed by atoms with E-state index in [1.54, 1.807) is 24.3 Å². The standard InChI is InChI=1S/C12H17N3O3/c13-12(18)15-10-5-3-9(4-6-10)11(17)14-7-1-2-8-16/h3-6,16H,1-2,7-8H2,(H,14,17)(H3,13,15,18). The van der Waals surface area contributed by atoms with Crippen LogP contribution in [0.5, 0.6) is 0 Å². The van der Waals surface area contributed by atoms with Crippen LogP contribution in [0.1, 0.15) is 23.2 Å². The number of hydrogen-bond donors (Lipinski definition) is 4. The lowest BCUT2D eigenvalue weighted by Crippen LogP contribution is -2.24. The van der Waals surface area contributed by atoms with Crippen molar-refractivity contribution in [3.8, 4) is 0 Å². The van der Waals surface area contributed by atoms with Crippen LogP contribution >= 0.6 is 0 Å². The fourth-order valence-electron chi connectivity index (χ4n) is 1.39. The van der Waals surface area contributed by atoms with E-state index < -0.39 is 6.03 Å². The normalized spacial score (nSPS) is 9.83. The van der Waals surface area contributed by atoms with Gasteiger partial charge in [-0.25, -0.2) is 4.79 Å². The van der Waals surface area contributed by atoms with Gasteiger partial charge in [-0.2, -0.15) is 0 Å². The summed E-state index contributed by atoms with van der Waals surface area (Å²) in [4.78, 5) is 22.3. The van der Waals surface area contributed by atoms with Gasteiger partial charge in [0.25, 0.3) is 5.91 Å². The van der Waals surface area contributed by atoms with Crippen LogP contribution in [0.2, 0.25) is 0 Å². The minimum absolute atomic E-state index is 0.128. The second-order valence-electron chi connectivity index (χ2n) is 3.75. The van der Waals surface area contributed by atoms with Crippen molar-refractivity contribution < 1.29 is 14.7 Å². The topological polar surface area (TPSA) is 104 Å². The number of nitrogens with two attached hydrogens (primary N) is 1. The molecule has 0 spiro atoms. The number of urea groups is 1. The van der Waals surface area contributed by atoms with E-state index in [0.29, 0.717) is 24.2 Å².